The maximum Gasteiger partial charge on any atom is 0.311 e. The molecule has 0 radical (unpaired) electrons. The summed E-state index contributed by atoms with van der Waals surface area (Å²) >= 11 is 5.89. The van der Waals surface area contributed by atoms with Crippen molar-refractivity contribution in [1.29, 1.82) is 0 Å². The van der Waals surface area contributed by atoms with Crippen LogP contribution in [0, 0.1) is 0 Å². The average Bonchev–Trinajstić information content (AvgIpc) is 3.41. The second-order valence-electron chi connectivity index (χ2n) is 7.39. The minimum absolute atomic E-state index is 0.119. The Labute approximate surface area is 178 Å². The first-order valence-electron chi connectivity index (χ1n) is 9.77. The predicted molar refractivity (Wildman–Crippen MR) is 111 cm³/mol. The van der Waals surface area contributed by atoms with Gasteiger partial charge in [-0.3, -0.25) is 14.3 Å². The Kier molecular flexibility index (Phi) is 5.85. The van der Waals surface area contributed by atoms with E-state index in [0.717, 1.165) is 18.4 Å². The lowest BCUT2D eigenvalue weighted by Gasteiger charge is -2.31. The molecule has 4 rings (SSSR count). The van der Waals surface area contributed by atoms with E-state index in [-0.39, 0.29) is 6.54 Å². The SMILES string of the molecule is Cn1cc(C2CCN(C(=O)C(=O)NCc3cc(-c4ccc(Cl)cc4)on3)CC2)cn1. The molecule has 2 amide bonds. The van der Waals surface area contributed by atoms with Crippen molar-refractivity contribution in [3.05, 3.63) is 59.0 Å². The number of hydrogen-bond donors (Lipinski definition) is 1. The van der Waals surface area contributed by atoms with Crippen LogP contribution in [0.2, 0.25) is 5.02 Å². The average molecular weight is 428 g/mol. The molecule has 3 aromatic rings. The first-order valence-corrected chi connectivity index (χ1v) is 10.1. The van der Waals surface area contributed by atoms with Crippen LogP contribution in [0.25, 0.3) is 11.3 Å². The summed E-state index contributed by atoms with van der Waals surface area (Å²) in [4.78, 5) is 26.4. The second kappa shape index (κ2) is 8.71. The van der Waals surface area contributed by atoms with Crippen molar-refractivity contribution in [2.24, 2.45) is 7.05 Å². The van der Waals surface area contributed by atoms with Gasteiger partial charge in [0.25, 0.3) is 0 Å². The molecule has 0 bridgehead atoms. The number of aryl methyl sites for hydroxylation is 1. The van der Waals surface area contributed by atoms with E-state index in [9.17, 15) is 9.59 Å². The Morgan fingerprint density at radius 3 is 2.63 bits per heavy atom. The smallest absolute Gasteiger partial charge is 0.311 e. The minimum atomic E-state index is -0.633. The highest BCUT2D eigenvalue weighted by Gasteiger charge is 2.28. The number of aromatic nitrogens is 3. The molecule has 2 aromatic heterocycles. The molecule has 8 nitrogen and oxygen atoms in total. The van der Waals surface area contributed by atoms with Gasteiger partial charge in [0.05, 0.1) is 12.7 Å². The Hall–Kier alpha value is -3.13. The third-order valence-corrected chi connectivity index (χ3v) is 5.54. The summed E-state index contributed by atoms with van der Waals surface area (Å²) < 4.78 is 7.09. The van der Waals surface area contributed by atoms with Gasteiger partial charge in [0.2, 0.25) is 0 Å². The van der Waals surface area contributed by atoms with Crippen molar-refractivity contribution in [2.75, 3.05) is 13.1 Å². The summed E-state index contributed by atoms with van der Waals surface area (Å²) in [6, 6.07) is 8.90. The Morgan fingerprint density at radius 2 is 1.97 bits per heavy atom. The molecule has 9 heteroatoms. The number of nitrogens with zero attached hydrogens (tertiary/aromatic N) is 4. The molecule has 3 heterocycles. The molecule has 0 aliphatic carbocycles. The lowest BCUT2D eigenvalue weighted by molar-refractivity contribution is -0.146. The topological polar surface area (TPSA) is 93.3 Å². The van der Waals surface area contributed by atoms with Gasteiger partial charge in [0.1, 0.15) is 5.69 Å². The van der Waals surface area contributed by atoms with Crippen LogP contribution in [-0.4, -0.2) is 44.7 Å². The first kappa shape index (κ1) is 20.2. The van der Waals surface area contributed by atoms with Gasteiger partial charge < -0.3 is 14.7 Å². The monoisotopic (exact) mass is 427 g/mol. The first-order chi connectivity index (χ1) is 14.5. The van der Waals surface area contributed by atoms with E-state index in [1.807, 2.05) is 31.6 Å². The number of halogens is 1. The number of carbonyl (C=O) groups is 2. The van der Waals surface area contributed by atoms with Crippen LogP contribution >= 0.6 is 11.6 Å². The number of nitrogens with one attached hydrogen (secondary N) is 1. The quantitative estimate of drug-likeness (QED) is 0.646. The van der Waals surface area contributed by atoms with E-state index in [4.69, 9.17) is 16.1 Å². The number of piperidine rings is 1. The van der Waals surface area contributed by atoms with Crippen LogP contribution in [0.5, 0.6) is 0 Å². The molecular weight excluding hydrogens is 406 g/mol. The lowest BCUT2D eigenvalue weighted by atomic mass is 9.91. The zero-order valence-electron chi connectivity index (χ0n) is 16.5. The highest BCUT2D eigenvalue weighted by Crippen LogP contribution is 2.27. The minimum Gasteiger partial charge on any atom is -0.356 e. The van der Waals surface area contributed by atoms with Crippen LogP contribution in [-0.2, 0) is 23.2 Å². The Bertz CT molecular complexity index is 1040. The molecule has 0 saturated carbocycles. The van der Waals surface area contributed by atoms with E-state index in [1.165, 1.54) is 5.56 Å². The van der Waals surface area contributed by atoms with Crippen LogP contribution in [0.15, 0.2) is 47.2 Å². The number of likely N-dealkylation sites (tertiary alicyclic amines) is 1. The summed E-state index contributed by atoms with van der Waals surface area (Å²) in [6.07, 6.45) is 5.51. The Balaban J connectivity index is 1.27. The number of amides is 2. The van der Waals surface area contributed by atoms with E-state index < -0.39 is 11.8 Å². The van der Waals surface area contributed by atoms with Crippen LogP contribution in [0.3, 0.4) is 0 Å². The highest BCUT2D eigenvalue weighted by molar-refractivity contribution is 6.35. The van der Waals surface area contributed by atoms with Crippen molar-refractivity contribution in [3.63, 3.8) is 0 Å². The van der Waals surface area contributed by atoms with Crippen molar-refractivity contribution in [2.45, 2.75) is 25.3 Å². The zero-order valence-corrected chi connectivity index (χ0v) is 17.3. The normalized spacial score (nSPS) is 14.7. The molecule has 1 saturated heterocycles. The van der Waals surface area contributed by atoms with Gasteiger partial charge in [-0.15, -0.1) is 0 Å². The maximum absolute atomic E-state index is 12.5. The molecule has 0 atom stereocenters. The fourth-order valence-electron chi connectivity index (χ4n) is 3.60. The van der Waals surface area contributed by atoms with Crippen molar-refractivity contribution < 1.29 is 14.1 Å². The molecule has 1 aliphatic rings. The molecule has 1 aliphatic heterocycles. The molecule has 1 N–H and O–H groups in total. The lowest BCUT2D eigenvalue weighted by Crippen LogP contribution is -2.46. The molecule has 30 heavy (non-hydrogen) atoms. The molecular formula is C21H22ClN5O3. The van der Waals surface area contributed by atoms with Gasteiger partial charge in [-0.25, -0.2) is 0 Å². The molecule has 0 unspecified atom stereocenters. The fourth-order valence-corrected chi connectivity index (χ4v) is 3.73. The van der Waals surface area contributed by atoms with E-state index in [0.29, 0.717) is 35.5 Å². The summed E-state index contributed by atoms with van der Waals surface area (Å²) in [5.41, 5.74) is 2.55. The van der Waals surface area contributed by atoms with Gasteiger partial charge in [0, 0.05) is 43.0 Å². The standard InChI is InChI=1S/C21H22ClN5O3/c1-26-13-16(11-24-26)14-6-8-27(9-7-14)21(29)20(28)23-12-18-10-19(30-25-18)15-2-4-17(22)5-3-15/h2-5,10-11,13-14H,6-9,12H2,1H3,(H,23,28). The fraction of sp³-hybridized carbons (Fsp3) is 0.333. The number of benzene rings is 1. The van der Waals surface area contributed by atoms with Gasteiger partial charge >= 0.3 is 11.8 Å². The Morgan fingerprint density at radius 1 is 1.23 bits per heavy atom. The van der Waals surface area contributed by atoms with Gasteiger partial charge in [0.15, 0.2) is 5.76 Å². The van der Waals surface area contributed by atoms with E-state index in [1.54, 1.807) is 27.8 Å². The van der Waals surface area contributed by atoms with Gasteiger partial charge in [-0.1, -0.05) is 16.8 Å². The van der Waals surface area contributed by atoms with Crippen LogP contribution < -0.4 is 5.32 Å². The molecule has 1 aromatic carbocycles. The third-order valence-electron chi connectivity index (χ3n) is 5.29. The highest BCUT2D eigenvalue weighted by atomic mass is 35.5. The summed E-state index contributed by atoms with van der Waals surface area (Å²) in [6.45, 7) is 1.22. The maximum atomic E-state index is 12.5. The number of rotatable bonds is 4. The summed E-state index contributed by atoms with van der Waals surface area (Å²) in [5.74, 6) is -0.209. The third kappa shape index (κ3) is 4.54. The molecule has 0 spiro atoms. The second-order valence-corrected chi connectivity index (χ2v) is 7.82. The van der Waals surface area contributed by atoms with Gasteiger partial charge in [-0.2, -0.15) is 5.10 Å². The summed E-state index contributed by atoms with van der Waals surface area (Å²) in [5, 5.41) is 11.4. The van der Waals surface area contributed by atoms with E-state index in [2.05, 4.69) is 15.6 Å². The summed E-state index contributed by atoms with van der Waals surface area (Å²) in [7, 11) is 1.89. The predicted octanol–water partition coefficient (Wildman–Crippen LogP) is 2.75. The number of hydrogen-bond acceptors (Lipinski definition) is 5. The zero-order chi connectivity index (χ0) is 21.1. The van der Waals surface area contributed by atoms with Crippen LogP contribution in [0.1, 0.15) is 30.0 Å². The molecule has 1 fully saturated rings. The molecule has 156 valence electrons. The van der Waals surface area contributed by atoms with E-state index >= 15 is 0 Å². The van der Waals surface area contributed by atoms with Gasteiger partial charge in [-0.05, 0) is 48.6 Å². The largest absolute Gasteiger partial charge is 0.356 e. The van der Waals surface area contributed by atoms with Crippen molar-refractivity contribution in [1.82, 2.24) is 25.2 Å². The van der Waals surface area contributed by atoms with Crippen molar-refractivity contribution in [3.8, 4) is 11.3 Å². The van der Waals surface area contributed by atoms with Crippen LogP contribution in [0.4, 0.5) is 0 Å². The van der Waals surface area contributed by atoms with Crippen molar-refractivity contribution >= 4 is 23.4 Å². The number of carbonyl (C=O) groups excluding carboxylic acids is 2.